The van der Waals surface area contributed by atoms with Crippen LogP contribution in [0, 0.1) is 0 Å². The normalized spacial score (nSPS) is 16.6. The summed E-state index contributed by atoms with van der Waals surface area (Å²) in [5.41, 5.74) is 7.59. The van der Waals surface area contributed by atoms with Crippen LogP contribution in [0.15, 0.2) is 46.4 Å². The second-order valence-electron chi connectivity index (χ2n) is 9.76. The second kappa shape index (κ2) is 15.1. The first kappa shape index (κ1) is 30.8. The molecule has 1 saturated heterocycles. The topological polar surface area (TPSA) is 24.7 Å². The summed E-state index contributed by atoms with van der Waals surface area (Å²) in [7, 11) is 9.40. The van der Waals surface area contributed by atoms with Gasteiger partial charge < -0.3 is 0 Å². The number of nitrogens with zero attached hydrogens (tertiary/aromatic N) is 2. The Morgan fingerprint density at radius 2 is 0.857 bits per heavy atom. The van der Waals surface area contributed by atoms with Gasteiger partial charge in [0.1, 0.15) is 10.1 Å². The molecule has 0 radical (unpaired) electrons. The molecule has 3 rings (SSSR count). The molecule has 1 aliphatic heterocycles. The van der Waals surface area contributed by atoms with E-state index in [2.05, 4.69) is 91.8 Å². The van der Waals surface area contributed by atoms with E-state index < -0.39 is 0 Å². The van der Waals surface area contributed by atoms with Crippen LogP contribution in [0.3, 0.4) is 0 Å². The van der Waals surface area contributed by atoms with Crippen molar-refractivity contribution in [3.05, 3.63) is 58.7 Å². The molecule has 0 unspecified atom stereocenters. The zero-order valence-corrected chi connectivity index (χ0v) is 26.1. The average molecular weight is 596 g/mol. The van der Waals surface area contributed by atoms with Crippen molar-refractivity contribution in [1.82, 2.24) is 0 Å². The third-order valence-electron chi connectivity index (χ3n) is 5.86. The molecule has 2 aromatic rings. The van der Waals surface area contributed by atoms with E-state index in [-0.39, 0.29) is 0 Å². The summed E-state index contributed by atoms with van der Waals surface area (Å²) in [6.07, 6.45) is 0. The van der Waals surface area contributed by atoms with Gasteiger partial charge >= 0.3 is 33.0 Å². The van der Waals surface area contributed by atoms with Crippen LogP contribution in [0.5, 0.6) is 0 Å². The van der Waals surface area contributed by atoms with Crippen LogP contribution in [-0.2, 0) is 12.7 Å². The maximum atomic E-state index is 5.32. The maximum absolute atomic E-state index is 5.32. The van der Waals surface area contributed by atoms with Crippen molar-refractivity contribution >= 4 is 65.4 Å². The van der Waals surface area contributed by atoms with E-state index in [4.69, 9.17) is 30.4 Å². The van der Waals surface area contributed by atoms with Crippen molar-refractivity contribution in [3.63, 3.8) is 0 Å². The molecule has 35 heavy (non-hydrogen) atoms. The van der Waals surface area contributed by atoms with E-state index in [1.807, 2.05) is 23.5 Å². The molecule has 0 aliphatic carbocycles. The molecule has 196 valence electrons. The molecule has 0 aromatic heterocycles. The van der Waals surface area contributed by atoms with Gasteiger partial charge in [-0.1, -0.05) is 91.8 Å². The van der Waals surface area contributed by atoms with Gasteiger partial charge in [0.05, 0.1) is 11.4 Å². The molecular formula is C28H38Cl2N2NiS2. The van der Waals surface area contributed by atoms with Crippen molar-refractivity contribution < 1.29 is 12.7 Å². The standard InChI is InChI=1S/C28H38N2S2.2ClH.Ni/c1-17(2)21-11-9-12-22(18(3)4)25(21)29-27-28(32-16-15-31-27)30-26-23(19(5)6)13-10-14-24(26)20(7)8;;;/h9-14,17-20H,15-16H2,1-8H3;2*1H;/q;;;+2/p-2. The fourth-order valence-corrected chi connectivity index (χ4v) is 6.10. The Bertz CT molecular complexity index is 900. The molecule has 1 heterocycles. The molecule has 2 aromatic carbocycles. The Balaban J connectivity index is 0.00000137. The van der Waals surface area contributed by atoms with Gasteiger partial charge in [0.2, 0.25) is 0 Å². The number of rotatable bonds is 6. The Morgan fingerprint density at radius 1 is 0.600 bits per heavy atom. The minimum atomic E-state index is 0.434. The van der Waals surface area contributed by atoms with Crippen LogP contribution in [0.25, 0.3) is 0 Å². The fourth-order valence-electron chi connectivity index (χ4n) is 4.05. The van der Waals surface area contributed by atoms with E-state index in [0.717, 1.165) is 33.0 Å². The molecule has 0 N–H and O–H groups in total. The van der Waals surface area contributed by atoms with E-state index in [0.29, 0.717) is 36.3 Å². The Morgan fingerprint density at radius 3 is 1.09 bits per heavy atom. The molecule has 2 nitrogen and oxygen atoms in total. The van der Waals surface area contributed by atoms with Crippen LogP contribution in [0.4, 0.5) is 11.4 Å². The number of hydrogen-bond donors (Lipinski definition) is 0. The van der Waals surface area contributed by atoms with Crippen LogP contribution in [0.1, 0.15) is 101 Å². The molecule has 1 aliphatic rings. The van der Waals surface area contributed by atoms with Gasteiger partial charge in [0.25, 0.3) is 0 Å². The molecular weight excluding hydrogens is 558 g/mol. The average Bonchev–Trinajstić information content (AvgIpc) is 2.80. The minimum absolute atomic E-state index is 0.434. The van der Waals surface area contributed by atoms with E-state index in [1.54, 1.807) is 0 Å². The molecule has 7 heteroatoms. The second-order valence-corrected chi connectivity index (χ2v) is 13.6. The number of aliphatic imine (C=N–C) groups is 2. The first-order chi connectivity index (χ1) is 16.6. The molecule has 0 amide bonds. The van der Waals surface area contributed by atoms with E-state index >= 15 is 0 Å². The summed E-state index contributed by atoms with van der Waals surface area (Å²) < 4.78 is 0. The summed E-state index contributed by atoms with van der Waals surface area (Å²) in [6, 6.07) is 13.3. The summed E-state index contributed by atoms with van der Waals surface area (Å²) in [4.78, 5) is 10.6. The van der Waals surface area contributed by atoms with E-state index in [1.165, 1.54) is 22.3 Å². The van der Waals surface area contributed by atoms with Crippen molar-refractivity contribution in [1.29, 1.82) is 0 Å². The van der Waals surface area contributed by atoms with Gasteiger partial charge in [-0.15, -0.1) is 23.5 Å². The van der Waals surface area contributed by atoms with Gasteiger partial charge in [-0.3, -0.25) is 0 Å². The summed E-state index contributed by atoms with van der Waals surface area (Å²) >= 11 is 4.28. The van der Waals surface area contributed by atoms with Crippen LogP contribution in [-0.4, -0.2) is 21.6 Å². The predicted octanol–water partition coefficient (Wildman–Crippen LogP) is 10.8. The third-order valence-corrected chi connectivity index (χ3v) is 8.18. The van der Waals surface area contributed by atoms with Gasteiger partial charge in [-0.25, -0.2) is 9.98 Å². The molecule has 0 atom stereocenters. The molecule has 0 spiro atoms. The number of thioether (sulfide) groups is 2. The van der Waals surface area contributed by atoms with Crippen molar-refractivity contribution in [2.75, 3.05) is 11.5 Å². The van der Waals surface area contributed by atoms with Crippen molar-refractivity contribution in [3.8, 4) is 0 Å². The third kappa shape index (κ3) is 8.54. The number of para-hydroxylation sites is 2. The zero-order valence-electron chi connectivity index (χ0n) is 22.0. The predicted molar refractivity (Wildman–Crippen MR) is 160 cm³/mol. The summed E-state index contributed by atoms with van der Waals surface area (Å²) in [5, 5.41) is 2.15. The van der Waals surface area contributed by atoms with E-state index in [9.17, 15) is 0 Å². The Kier molecular flexibility index (Phi) is 13.3. The Labute approximate surface area is 235 Å². The molecule has 0 saturated carbocycles. The van der Waals surface area contributed by atoms with Crippen molar-refractivity contribution in [2.45, 2.75) is 79.1 Å². The van der Waals surface area contributed by atoms with Gasteiger partial charge in [-0.05, 0) is 45.9 Å². The molecule has 0 bridgehead atoms. The summed E-state index contributed by atoms with van der Waals surface area (Å²) in [6.45, 7) is 18.1. The first-order valence-electron chi connectivity index (χ1n) is 12.1. The fraction of sp³-hybridized carbons (Fsp3) is 0.500. The summed E-state index contributed by atoms with van der Waals surface area (Å²) in [5.74, 6) is 3.89. The number of halogens is 2. The first-order valence-corrected chi connectivity index (χ1v) is 16.8. The van der Waals surface area contributed by atoms with Gasteiger partial charge in [0.15, 0.2) is 0 Å². The van der Waals surface area contributed by atoms with Gasteiger partial charge in [-0.2, -0.15) is 0 Å². The number of benzene rings is 2. The van der Waals surface area contributed by atoms with Gasteiger partial charge in [0, 0.05) is 11.5 Å². The van der Waals surface area contributed by atoms with Crippen LogP contribution in [0.2, 0.25) is 0 Å². The van der Waals surface area contributed by atoms with Crippen LogP contribution < -0.4 is 0 Å². The quantitative estimate of drug-likeness (QED) is 0.310. The zero-order chi connectivity index (χ0) is 26.1. The molecule has 1 fully saturated rings. The SMILES string of the molecule is CC(C)c1cccc(C(C)C)c1N=C1SCCSC1=Nc1c(C(C)C)cccc1C(C)C.[Cl][Ni][Cl]. The Hall–Kier alpha value is -0.446. The monoisotopic (exact) mass is 594 g/mol. The number of hydrogen-bond acceptors (Lipinski definition) is 4. The van der Waals surface area contributed by atoms with Crippen molar-refractivity contribution in [2.24, 2.45) is 9.98 Å². The van der Waals surface area contributed by atoms with Crippen LogP contribution >= 0.6 is 43.9 Å².